The van der Waals surface area contributed by atoms with Gasteiger partial charge < -0.3 is 25.3 Å². The monoisotopic (exact) mass is 480 g/mol. The Balaban J connectivity index is 1.45. The highest BCUT2D eigenvalue weighted by Crippen LogP contribution is 2.37. The van der Waals surface area contributed by atoms with Gasteiger partial charge in [-0.25, -0.2) is 14.4 Å². The van der Waals surface area contributed by atoms with Gasteiger partial charge in [0.05, 0.1) is 12.6 Å². The second kappa shape index (κ2) is 9.20. The largest absolute Gasteiger partial charge is 0.396 e. The minimum absolute atomic E-state index is 0.00858. The lowest BCUT2D eigenvalue weighted by Crippen LogP contribution is -2.52. The van der Waals surface area contributed by atoms with Gasteiger partial charge in [-0.15, -0.1) is 0 Å². The van der Waals surface area contributed by atoms with Crippen molar-refractivity contribution in [2.45, 2.75) is 57.3 Å². The fourth-order valence-corrected chi connectivity index (χ4v) is 4.98. The molecule has 2 fully saturated rings. The third kappa shape index (κ3) is 4.50. The third-order valence-corrected chi connectivity index (χ3v) is 7.39. The van der Waals surface area contributed by atoms with E-state index >= 15 is 0 Å². The number of fused-ring (bicyclic) bond motifs is 1. The summed E-state index contributed by atoms with van der Waals surface area (Å²) < 4.78 is 14.7. The molecular formula is C26H33FN6O2. The highest BCUT2D eigenvalue weighted by atomic mass is 19.1. The van der Waals surface area contributed by atoms with Crippen LogP contribution in [0.25, 0.3) is 10.8 Å². The second-order valence-corrected chi connectivity index (χ2v) is 10.1. The number of nitrogens with zero attached hydrogens (tertiary/aromatic N) is 5. The minimum atomic E-state index is -1.71. The molecule has 2 saturated heterocycles. The molecule has 3 aromatic rings. The molecule has 0 radical (unpaired) electrons. The Hall–Kier alpha value is -3.04. The Labute approximate surface area is 204 Å². The van der Waals surface area contributed by atoms with E-state index in [1.807, 2.05) is 19.2 Å². The van der Waals surface area contributed by atoms with Crippen molar-refractivity contribution in [3.05, 3.63) is 42.2 Å². The zero-order valence-corrected chi connectivity index (χ0v) is 20.4. The SMILES string of the molecule is C[C@@H]1CCN1c1ccc([C@@H](C)CO)c2cc(Nc3ccnc(N4CC[C@@H](O)[C@@](C)(F)C4)n3)ncc12. The highest BCUT2D eigenvalue weighted by molar-refractivity contribution is 5.98. The average Bonchev–Trinajstić information content (AvgIpc) is 2.84. The lowest BCUT2D eigenvalue weighted by atomic mass is 9.93. The number of nitrogens with one attached hydrogen (secondary N) is 1. The maximum Gasteiger partial charge on any atom is 0.227 e. The van der Waals surface area contributed by atoms with Crippen LogP contribution in [-0.4, -0.2) is 69.2 Å². The summed E-state index contributed by atoms with van der Waals surface area (Å²) in [4.78, 5) is 17.7. The zero-order chi connectivity index (χ0) is 24.7. The molecule has 186 valence electrons. The topological polar surface area (TPSA) is 97.6 Å². The maximum atomic E-state index is 14.7. The number of aliphatic hydroxyl groups is 2. The average molecular weight is 481 g/mol. The lowest BCUT2D eigenvalue weighted by Gasteiger charge is -2.41. The summed E-state index contributed by atoms with van der Waals surface area (Å²) in [5.41, 5.74) is 0.524. The molecule has 0 unspecified atom stereocenters. The zero-order valence-electron chi connectivity index (χ0n) is 20.4. The summed E-state index contributed by atoms with van der Waals surface area (Å²) in [7, 11) is 0. The fourth-order valence-electron chi connectivity index (χ4n) is 4.98. The van der Waals surface area contributed by atoms with Crippen LogP contribution < -0.4 is 15.1 Å². The van der Waals surface area contributed by atoms with E-state index in [4.69, 9.17) is 0 Å². The van der Waals surface area contributed by atoms with E-state index in [0.717, 1.165) is 28.6 Å². The van der Waals surface area contributed by atoms with Crippen LogP contribution in [0.2, 0.25) is 0 Å². The van der Waals surface area contributed by atoms with E-state index in [9.17, 15) is 14.6 Å². The van der Waals surface area contributed by atoms with Gasteiger partial charge in [0, 0.05) is 55.1 Å². The molecule has 2 aromatic heterocycles. The molecule has 0 spiro atoms. The van der Waals surface area contributed by atoms with Crippen molar-refractivity contribution in [2.24, 2.45) is 0 Å². The molecule has 5 rings (SSSR count). The van der Waals surface area contributed by atoms with Gasteiger partial charge in [0.2, 0.25) is 5.95 Å². The molecular weight excluding hydrogens is 447 g/mol. The molecule has 0 bridgehead atoms. The van der Waals surface area contributed by atoms with Crippen LogP contribution in [0.15, 0.2) is 36.7 Å². The summed E-state index contributed by atoms with van der Waals surface area (Å²) in [5.74, 6) is 1.59. The van der Waals surface area contributed by atoms with Crippen LogP contribution in [0.4, 0.5) is 27.7 Å². The first-order valence-corrected chi connectivity index (χ1v) is 12.3. The van der Waals surface area contributed by atoms with Gasteiger partial charge in [0.1, 0.15) is 11.6 Å². The van der Waals surface area contributed by atoms with Crippen molar-refractivity contribution >= 4 is 34.0 Å². The summed E-state index contributed by atoms with van der Waals surface area (Å²) in [5, 5.41) is 25.1. The Morgan fingerprint density at radius 2 is 2.00 bits per heavy atom. The molecule has 8 nitrogen and oxygen atoms in total. The maximum absolute atomic E-state index is 14.7. The van der Waals surface area contributed by atoms with Crippen LogP contribution >= 0.6 is 0 Å². The molecule has 3 N–H and O–H groups in total. The first kappa shape index (κ1) is 23.7. The summed E-state index contributed by atoms with van der Waals surface area (Å²) in [6.07, 6.45) is 4.03. The van der Waals surface area contributed by atoms with Crippen molar-refractivity contribution in [3.63, 3.8) is 0 Å². The van der Waals surface area contributed by atoms with Crippen LogP contribution in [0, 0.1) is 0 Å². The Kier molecular flexibility index (Phi) is 6.23. The van der Waals surface area contributed by atoms with Gasteiger partial charge in [-0.05, 0) is 55.8 Å². The molecule has 4 atom stereocenters. The van der Waals surface area contributed by atoms with Crippen molar-refractivity contribution in [1.82, 2.24) is 15.0 Å². The van der Waals surface area contributed by atoms with Gasteiger partial charge >= 0.3 is 0 Å². The van der Waals surface area contributed by atoms with Crippen molar-refractivity contribution in [1.29, 1.82) is 0 Å². The van der Waals surface area contributed by atoms with E-state index < -0.39 is 11.8 Å². The van der Waals surface area contributed by atoms with Crippen LogP contribution in [0.5, 0.6) is 0 Å². The smallest absolute Gasteiger partial charge is 0.227 e. The highest BCUT2D eigenvalue weighted by Gasteiger charge is 2.39. The Bertz CT molecular complexity index is 1220. The molecule has 1 aromatic carbocycles. The van der Waals surface area contributed by atoms with E-state index in [2.05, 4.69) is 44.2 Å². The van der Waals surface area contributed by atoms with Crippen LogP contribution in [0.1, 0.15) is 45.1 Å². The summed E-state index contributed by atoms with van der Waals surface area (Å²) >= 11 is 0. The van der Waals surface area contributed by atoms with E-state index in [0.29, 0.717) is 36.6 Å². The Morgan fingerprint density at radius 3 is 2.69 bits per heavy atom. The number of aliphatic hydroxyl groups excluding tert-OH is 2. The standard InChI is InChI=1S/C26H33FN6O2/c1-16(14-34)18-4-5-21(33-11-7-17(33)2)20-13-29-24(12-19(18)20)30-23-6-9-28-25(31-23)32-10-8-22(35)26(3,27)15-32/h4-6,9,12-13,16-17,22,34-35H,7-8,10-11,14-15H2,1-3H3,(H,28,29,30,31)/t16-,17+,22+,26-/m0/s1. The fraction of sp³-hybridized carbons (Fsp3) is 0.500. The predicted octanol–water partition coefficient (Wildman–Crippen LogP) is 3.76. The van der Waals surface area contributed by atoms with Gasteiger partial charge in [-0.3, -0.25) is 0 Å². The number of anilines is 4. The number of hydrogen-bond acceptors (Lipinski definition) is 8. The van der Waals surface area contributed by atoms with Crippen LogP contribution in [-0.2, 0) is 0 Å². The number of benzene rings is 1. The first-order chi connectivity index (χ1) is 16.8. The van der Waals surface area contributed by atoms with Gasteiger partial charge in [-0.1, -0.05) is 13.0 Å². The van der Waals surface area contributed by atoms with Crippen molar-refractivity contribution in [2.75, 3.05) is 41.4 Å². The summed E-state index contributed by atoms with van der Waals surface area (Å²) in [6.45, 7) is 7.26. The van der Waals surface area contributed by atoms with E-state index in [1.54, 1.807) is 17.2 Å². The quantitative estimate of drug-likeness (QED) is 0.491. The second-order valence-electron chi connectivity index (χ2n) is 10.1. The number of hydrogen-bond donors (Lipinski definition) is 3. The molecule has 35 heavy (non-hydrogen) atoms. The number of alkyl halides is 1. The first-order valence-electron chi connectivity index (χ1n) is 12.3. The molecule has 0 aliphatic carbocycles. The minimum Gasteiger partial charge on any atom is -0.396 e. The molecule has 4 heterocycles. The Morgan fingerprint density at radius 1 is 1.17 bits per heavy atom. The van der Waals surface area contributed by atoms with Crippen LogP contribution in [0.3, 0.4) is 0 Å². The predicted molar refractivity (Wildman–Crippen MR) is 136 cm³/mol. The number of rotatable bonds is 6. The number of pyridine rings is 1. The molecule has 0 saturated carbocycles. The van der Waals surface area contributed by atoms with Crippen molar-refractivity contribution < 1.29 is 14.6 Å². The molecule has 9 heteroatoms. The third-order valence-electron chi connectivity index (χ3n) is 7.39. The lowest BCUT2D eigenvalue weighted by molar-refractivity contribution is -0.00860. The van der Waals surface area contributed by atoms with Gasteiger partial charge in [-0.2, -0.15) is 4.98 Å². The molecule has 2 aliphatic rings. The number of aromatic nitrogens is 3. The van der Waals surface area contributed by atoms with E-state index in [1.165, 1.54) is 13.3 Å². The van der Waals surface area contributed by atoms with Gasteiger partial charge in [0.25, 0.3) is 0 Å². The van der Waals surface area contributed by atoms with Crippen molar-refractivity contribution in [3.8, 4) is 0 Å². The molecule has 0 amide bonds. The van der Waals surface area contributed by atoms with E-state index in [-0.39, 0.29) is 19.1 Å². The summed E-state index contributed by atoms with van der Waals surface area (Å²) in [6, 6.07) is 8.49. The van der Waals surface area contributed by atoms with Gasteiger partial charge in [0.15, 0.2) is 5.67 Å². The normalized spacial score (nSPS) is 25.4. The molecule has 2 aliphatic heterocycles. The number of piperidine rings is 1. The number of halogens is 1.